The summed E-state index contributed by atoms with van der Waals surface area (Å²) in [7, 11) is -4.98. The second kappa shape index (κ2) is 3.10. The van der Waals surface area contributed by atoms with Crippen molar-refractivity contribution in [3.8, 4) is 0 Å². The standard InChI is InChI=1S/C6H11FO4S/c1-4(2)6(7,5(3)8)12(9,10)11/h4H,1-3H3,(H,9,10,11). The number of halogens is 1. The highest BCUT2D eigenvalue weighted by molar-refractivity contribution is 7.87. The molecule has 0 fully saturated rings. The van der Waals surface area contributed by atoms with Gasteiger partial charge < -0.3 is 0 Å². The van der Waals surface area contributed by atoms with E-state index in [2.05, 4.69) is 0 Å². The second-order valence-electron chi connectivity index (χ2n) is 2.83. The van der Waals surface area contributed by atoms with Gasteiger partial charge in [0.25, 0.3) is 5.00 Å². The van der Waals surface area contributed by atoms with Crippen molar-refractivity contribution in [1.82, 2.24) is 0 Å². The van der Waals surface area contributed by atoms with Crippen molar-refractivity contribution in [3.63, 3.8) is 0 Å². The van der Waals surface area contributed by atoms with Crippen LogP contribution in [0.1, 0.15) is 20.8 Å². The van der Waals surface area contributed by atoms with E-state index < -0.39 is 26.8 Å². The van der Waals surface area contributed by atoms with E-state index in [-0.39, 0.29) is 0 Å². The van der Waals surface area contributed by atoms with Gasteiger partial charge in [-0.3, -0.25) is 9.35 Å². The first-order valence-electron chi connectivity index (χ1n) is 3.31. The minimum atomic E-state index is -4.98. The van der Waals surface area contributed by atoms with E-state index in [1.165, 1.54) is 13.8 Å². The minimum absolute atomic E-state index is 0.785. The van der Waals surface area contributed by atoms with Crippen LogP contribution in [-0.4, -0.2) is 23.8 Å². The van der Waals surface area contributed by atoms with Crippen molar-refractivity contribution < 1.29 is 22.2 Å². The Morgan fingerprint density at radius 2 is 1.83 bits per heavy atom. The Kier molecular flexibility index (Phi) is 2.97. The third-order valence-electron chi connectivity index (χ3n) is 1.60. The molecule has 0 saturated heterocycles. The molecular weight excluding hydrogens is 187 g/mol. The number of hydrogen-bond acceptors (Lipinski definition) is 3. The molecule has 0 aliphatic heterocycles. The van der Waals surface area contributed by atoms with Gasteiger partial charge in [-0.1, -0.05) is 13.8 Å². The lowest BCUT2D eigenvalue weighted by Crippen LogP contribution is -2.45. The fourth-order valence-corrected chi connectivity index (χ4v) is 1.84. The van der Waals surface area contributed by atoms with Crippen molar-refractivity contribution >= 4 is 15.9 Å². The predicted molar refractivity (Wildman–Crippen MR) is 40.9 cm³/mol. The topological polar surface area (TPSA) is 71.4 Å². The maximum Gasteiger partial charge on any atom is 0.308 e. The van der Waals surface area contributed by atoms with Crippen molar-refractivity contribution in [1.29, 1.82) is 0 Å². The molecule has 0 heterocycles. The molecule has 12 heavy (non-hydrogen) atoms. The molecule has 0 saturated carbocycles. The van der Waals surface area contributed by atoms with E-state index in [4.69, 9.17) is 4.55 Å². The molecule has 0 bridgehead atoms. The molecule has 4 nitrogen and oxygen atoms in total. The summed E-state index contributed by atoms with van der Waals surface area (Å²) in [5, 5.41) is -3.17. The molecule has 0 aromatic carbocycles. The van der Waals surface area contributed by atoms with Gasteiger partial charge in [-0.2, -0.15) is 8.42 Å². The second-order valence-corrected chi connectivity index (χ2v) is 4.38. The highest BCUT2D eigenvalue weighted by Gasteiger charge is 2.51. The van der Waals surface area contributed by atoms with E-state index in [0.717, 1.165) is 6.92 Å². The zero-order chi connectivity index (χ0) is 10.2. The van der Waals surface area contributed by atoms with Gasteiger partial charge in [0.05, 0.1) is 0 Å². The van der Waals surface area contributed by atoms with Crippen LogP contribution in [0.25, 0.3) is 0 Å². The number of rotatable bonds is 3. The number of alkyl halides is 1. The van der Waals surface area contributed by atoms with Crippen LogP contribution in [0.15, 0.2) is 0 Å². The molecule has 1 N–H and O–H groups in total. The number of carbonyl (C=O) groups is 1. The Morgan fingerprint density at radius 3 is 1.83 bits per heavy atom. The normalized spacial score (nSPS) is 17.5. The van der Waals surface area contributed by atoms with Gasteiger partial charge in [0.1, 0.15) is 0 Å². The fraction of sp³-hybridized carbons (Fsp3) is 0.833. The quantitative estimate of drug-likeness (QED) is 0.680. The highest BCUT2D eigenvalue weighted by Crippen LogP contribution is 2.28. The van der Waals surface area contributed by atoms with E-state index in [9.17, 15) is 17.6 Å². The first kappa shape index (κ1) is 11.5. The summed E-state index contributed by atoms with van der Waals surface area (Å²) < 4.78 is 42.8. The first-order chi connectivity index (χ1) is 5.14. The van der Waals surface area contributed by atoms with Crippen LogP contribution >= 0.6 is 0 Å². The number of carbonyl (C=O) groups excluding carboxylic acids is 1. The average Bonchev–Trinajstić information content (AvgIpc) is 1.82. The summed E-state index contributed by atoms with van der Waals surface area (Å²) in [6, 6.07) is 0. The maximum atomic E-state index is 13.4. The molecule has 0 aliphatic rings. The molecule has 6 heteroatoms. The van der Waals surface area contributed by atoms with Crippen molar-refractivity contribution in [2.45, 2.75) is 25.8 Å². The van der Waals surface area contributed by atoms with Crippen LogP contribution in [0, 0.1) is 5.92 Å². The highest BCUT2D eigenvalue weighted by atomic mass is 32.2. The fourth-order valence-electron chi connectivity index (χ4n) is 0.886. The lowest BCUT2D eigenvalue weighted by Gasteiger charge is -2.22. The van der Waals surface area contributed by atoms with E-state index in [1.807, 2.05) is 0 Å². The first-order valence-corrected chi connectivity index (χ1v) is 4.75. The number of hydrogen-bond donors (Lipinski definition) is 1. The molecule has 72 valence electrons. The van der Waals surface area contributed by atoms with Gasteiger partial charge in [0, 0.05) is 5.92 Å². The summed E-state index contributed by atoms with van der Waals surface area (Å²) in [5.41, 5.74) is 0. The van der Waals surface area contributed by atoms with Crippen LogP contribution in [0.2, 0.25) is 0 Å². The van der Waals surface area contributed by atoms with Gasteiger partial charge in [-0.05, 0) is 6.92 Å². The molecule has 0 rings (SSSR count). The summed E-state index contributed by atoms with van der Waals surface area (Å²) >= 11 is 0. The third kappa shape index (κ3) is 1.64. The van der Waals surface area contributed by atoms with Crippen LogP contribution in [0.4, 0.5) is 4.39 Å². The predicted octanol–water partition coefficient (Wildman–Crippen LogP) is 0.785. The summed E-state index contributed by atoms with van der Waals surface area (Å²) in [6.45, 7) is 3.19. The minimum Gasteiger partial charge on any atom is -0.295 e. The monoisotopic (exact) mass is 198 g/mol. The average molecular weight is 198 g/mol. The molecule has 0 aliphatic carbocycles. The Morgan fingerprint density at radius 1 is 1.50 bits per heavy atom. The Hall–Kier alpha value is -0.490. The number of Topliss-reactive ketones (excluding diaryl/α,β-unsaturated/α-hetero) is 1. The SMILES string of the molecule is CC(=O)C(F)(C(C)C)S(=O)(=O)O. The summed E-state index contributed by atoms with van der Waals surface area (Å²) in [6.07, 6.45) is 0. The molecular formula is C6H11FO4S. The zero-order valence-electron chi connectivity index (χ0n) is 7.04. The lowest BCUT2D eigenvalue weighted by molar-refractivity contribution is -0.125. The Bertz CT molecular complexity index is 282. The third-order valence-corrected chi connectivity index (χ3v) is 3.11. The van der Waals surface area contributed by atoms with E-state index in [1.54, 1.807) is 0 Å². The van der Waals surface area contributed by atoms with Crippen molar-refractivity contribution in [3.05, 3.63) is 0 Å². The molecule has 1 unspecified atom stereocenters. The zero-order valence-corrected chi connectivity index (χ0v) is 7.85. The maximum absolute atomic E-state index is 13.4. The van der Waals surface area contributed by atoms with Crippen molar-refractivity contribution in [2.24, 2.45) is 5.92 Å². The van der Waals surface area contributed by atoms with Crippen LogP contribution in [0.5, 0.6) is 0 Å². The molecule has 1 atom stereocenters. The summed E-state index contributed by atoms with van der Waals surface area (Å²) in [4.78, 5) is 10.6. The Balaban J connectivity index is 5.33. The van der Waals surface area contributed by atoms with Crippen LogP contribution in [0.3, 0.4) is 0 Å². The molecule has 0 aromatic rings. The van der Waals surface area contributed by atoms with Gasteiger partial charge in [-0.25, -0.2) is 4.39 Å². The molecule has 0 aromatic heterocycles. The van der Waals surface area contributed by atoms with Crippen LogP contribution < -0.4 is 0 Å². The van der Waals surface area contributed by atoms with Gasteiger partial charge >= 0.3 is 10.1 Å². The largest absolute Gasteiger partial charge is 0.308 e. The smallest absolute Gasteiger partial charge is 0.295 e. The van der Waals surface area contributed by atoms with Crippen LogP contribution in [-0.2, 0) is 14.9 Å². The van der Waals surface area contributed by atoms with E-state index >= 15 is 0 Å². The molecule has 0 radical (unpaired) electrons. The molecule has 0 spiro atoms. The summed E-state index contributed by atoms with van der Waals surface area (Å²) in [5.74, 6) is -2.31. The van der Waals surface area contributed by atoms with Gasteiger partial charge in [0.15, 0.2) is 5.78 Å². The van der Waals surface area contributed by atoms with Crippen molar-refractivity contribution in [2.75, 3.05) is 0 Å². The van der Waals surface area contributed by atoms with Gasteiger partial charge in [0.2, 0.25) is 0 Å². The van der Waals surface area contributed by atoms with Gasteiger partial charge in [-0.15, -0.1) is 0 Å². The molecule has 0 amide bonds. The Labute approximate surface area is 70.5 Å². The lowest BCUT2D eigenvalue weighted by atomic mass is 10.1. The number of ketones is 1. The van der Waals surface area contributed by atoms with E-state index in [0.29, 0.717) is 0 Å².